The van der Waals surface area contributed by atoms with Crippen LogP contribution in [0.3, 0.4) is 0 Å². The van der Waals surface area contributed by atoms with E-state index in [2.05, 4.69) is 11.4 Å². The van der Waals surface area contributed by atoms with Gasteiger partial charge in [-0.3, -0.25) is 4.79 Å². The normalized spacial score (nSPS) is 16.9. The quantitative estimate of drug-likeness (QED) is 0.797. The number of nitriles is 1. The average Bonchev–Trinajstić information content (AvgIpc) is 2.38. The standard InChI is InChI=1S/C13H15N3O2/c1-9(17)11-3-2-10(7-14)6-12(11)16-5-4-15-13(18)8-16/h2-3,6,9,17H,4-5,8H2,1H3,(H,15,18)/t9-/m1/s1. The topological polar surface area (TPSA) is 76.4 Å². The zero-order valence-electron chi connectivity index (χ0n) is 10.2. The van der Waals surface area contributed by atoms with E-state index in [0.717, 1.165) is 11.3 Å². The smallest absolute Gasteiger partial charge is 0.239 e. The second kappa shape index (κ2) is 5.07. The van der Waals surface area contributed by atoms with Crippen LogP contribution < -0.4 is 10.2 Å². The first-order valence-corrected chi connectivity index (χ1v) is 5.85. The number of piperazine rings is 1. The van der Waals surface area contributed by atoms with Crippen LogP contribution in [0.15, 0.2) is 18.2 Å². The van der Waals surface area contributed by atoms with Gasteiger partial charge in [0.05, 0.1) is 24.3 Å². The summed E-state index contributed by atoms with van der Waals surface area (Å²) in [5.41, 5.74) is 2.03. The molecule has 1 atom stereocenters. The van der Waals surface area contributed by atoms with E-state index >= 15 is 0 Å². The number of benzene rings is 1. The summed E-state index contributed by atoms with van der Waals surface area (Å²) in [6.07, 6.45) is -0.627. The molecule has 0 aromatic heterocycles. The van der Waals surface area contributed by atoms with Crippen LogP contribution in [0.5, 0.6) is 0 Å². The van der Waals surface area contributed by atoms with Crippen molar-refractivity contribution < 1.29 is 9.90 Å². The number of nitrogens with one attached hydrogen (secondary N) is 1. The molecule has 1 aromatic carbocycles. The number of rotatable bonds is 2. The second-order valence-corrected chi connectivity index (χ2v) is 4.33. The van der Waals surface area contributed by atoms with Crippen LogP contribution in [0.25, 0.3) is 0 Å². The van der Waals surface area contributed by atoms with Crippen molar-refractivity contribution in [3.8, 4) is 6.07 Å². The third-order valence-corrected chi connectivity index (χ3v) is 2.99. The molecule has 0 aliphatic carbocycles. The Kier molecular flexibility index (Phi) is 3.49. The molecular formula is C13H15N3O2. The Labute approximate surface area is 106 Å². The van der Waals surface area contributed by atoms with Crippen LogP contribution in [0.2, 0.25) is 0 Å². The molecule has 1 aliphatic rings. The molecule has 2 rings (SSSR count). The van der Waals surface area contributed by atoms with Crippen LogP contribution in [0, 0.1) is 11.3 Å². The van der Waals surface area contributed by atoms with Gasteiger partial charge in [0.2, 0.25) is 5.91 Å². The number of hydrogen-bond donors (Lipinski definition) is 2. The highest BCUT2D eigenvalue weighted by atomic mass is 16.3. The minimum atomic E-state index is -0.627. The molecular weight excluding hydrogens is 230 g/mol. The lowest BCUT2D eigenvalue weighted by Crippen LogP contribution is -2.48. The van der Waals surface area contributed by atoms with E-state index in [-0.39, 0.29) is 12.5 Å². The van der Waals surface area contributed by atoms with Crippen LogP contribution in [-0.4, -0.2) is 30.6 Å². The number of amides is 1. The first-order chi connectivity index (χ1) is 8.61. The zero-order chi connectivity index (χ0) is 13.1. The summed E-state index contributed by atoms with van der Waals surface area (Å²) < 4.78 is 0. The first-order valence-electron chi connectivity index (χ1n) is 5.85. The van der Waals surface area contributed by atoms with Crippen molar-refractivity contribution in [2.75, 3.05) is 24.5 Å². The summed E-state index contributed by atoms with van der Waals surface area (Å²) in [5, 5.41) is 21.4. The maximum atomic E-state index is 11.4. The summed E-state index contributed by atoms with van der Waals surface area (Å²) in [4.78, 5) is 13.3. The fraction of sp³-hybridized carbons (Fsp3) is 0.385. The number of aliphatic hydroxyl groups is 1. The van der Waals surface area contributed by atoms with Gasteiger partial charge >= 0.3 is 0 Å². The predicted octanol–water partition coefficient (Wildman–Crippen LogP) is 0.548. The molecule has 5 heteroatoms. The molecule has 1 heterocycles. The Morgan fingerprint density at radius 1 is 1.56 bits per heavy atom. The highest BCUT2D eigenvalue weighted by Gasteiger charge is 2.20. The molecule has 0 spiro atoms. The number of nitrogens with zero attached hydrogens (tertiary/aromatic N) is 2. The Morgan fingerprint density at radius 2 is 2.33 bits per heavy atom. The minimum Gasteiger partial charge on any atom is -0.389 e. The summed E-state index contributed by atoms with van der Waals surface area (Å²) in [6.45, 7) is 3.19. The third kappa shape index (κ3) is 2.44. The largest absolute Gasteiger partial charge is 0.389 e. The minimum absolute atomic E-state index is 0.0415. The van der Waals surface area contributed by atoms with E-state index in [1.165, 1.54) is 0 Å². The van der Waals surface area contributed by atoms with E-state index in [1.54, 1.807) is 25.1 Å². The molecule has 0 bridgehead atoms. The highest BCUT2D eigenvalue weighted by Crippen LogP contribution is 2.27. The molecule has 2 N–H and O–H groups in total. The lowest BCUT2D eigenvalue weighted by molar-refractivity contribution is -0.120. The number of anilines is 1. The van der Waals surface area contributed by atoms with Crippen LogP contribution in [0.4, 0.5) is 5.69 Å². The maximum Gasteiger partial charge on any atom is 0.239 e. The molecule has 18 heavy (non-hydrogen) atoms. The van der Waals surface area contributed by atoms with E-state index < -0.39 is 6.10 Å². The van der Waals surface area contributed by atoms with Crippen molar-refractivity contribution >= 4 is 11.6 Å². The van der Waals surface area contributed by atoms with Crippen molar-refractivity contribution in [3.05, 3.63) is 29.3 Å². The van der Waals surface area contributed by atoms with E-state index in [9.17, 15) is 9.90 Å². The van der Waals surface area contributed by atoms with Gasteiger partial charge in [0.25, 0.3) is 0 Å². The number of aliphatic hydroxyl groups excluding tert-OH is 1. The molecule has 0 radical (unpaired) electrons. The SMILES string of the molecule is C[C@@H](O)c1ccc(C#N)cc1N1CCNC(=O)C1. The van der Waals surface area contributed by atoms with Crippen LogP contribution in [-0.2, 0) is 4.79 Å². The molecule has 1 aromatic rings. The van der Waals surface area contributed by atoms with Gasteiger partial charge in [-0.15, -0.1) is 0 Å². The van der Waals surface area contributed by atoms with E-state index in [0.29, 0.717) is 18.7 Å². The number of hydrogen-bond acceptors (Lipinski definition) is 4. The van der Waals surface area contributed by atoms with Gasteiger partial charge in [-0.1, -0.05) is 6.07 Å². The van der Waals surface area contributed by atoms with Crippen LogP contribution in [0.1, 0.15) is 24.2 Å². The Bertz CT molecular complexity index is 505. The van der Waals surface area contributed by atoms with Crippen molar-refractivity contribution in [2.45, 2.75) is 13.0 Å². The molecule has 0 unspecified atom stereocenters. The van der Waals surface area contributed by atoms with Gasteiger partial charge in [0, 0.05) is 24.3 Å². The Hall–Kier alpha value is -2.06. The molecule has 0 saturated carbocycles. The van der Waals surface area contributed by atoms with Gasteiger partial charge in [-0.25, -0.2) is 0 Å². The molecule has 1 amide bonds. The summed E-state index contributed by atoms with van der Waals surface area (Å²) in [5.74, 6) is -0.0415. The second-order valence-electron chi connectivity index (χ2n) is 4.33. The van der Waals surface area contributed by atoms with Crippen molar-refractivity contribution in [3.63, 3.8) is 0 Å². The van der Waals surface area contributed by atoms with Crippen molar-refractivity contribution in [1.29, 1.82) is 5.26 Å². The van der Waals surface area contributed by atoms with Crippen LogP contribution >= 0.6 is 0 Å². The predicted molar refractivity (Wildman–Crippen MR) is 67.0 cm³/mol. The number of carbonyl (C=O) groups is 1. The molecule has 94 valence electrons. The number of carbonyl (C=O) groups excluding carboxylic acids is 1. The molecule has 1 fully saturated rings. The fourth-order valence-corrected chi connectivity index (χ4v) is 2.08. The maximum absolute atomic E-state index is 11.4. The summed E-state index contributed by atoms with van der Waals surface area (Å²) in [6, 6.07) is 7.22. The fourth-order valence-electron chi connectivity index (χ4n) is 2.08. The Balaban J connectivity index is 2.40. The average molecular weight is 245 g/mol. The monoisotopic (exact) mass is 245 g/mol. The summed E-state index contributed by atoms with van der Waals surface area (Å²) >= 11 is 0. The van der Waals surface area contributed by atoms with Crippen molar-refractivity contribution in [1.82, 2.24) is 5.32 Å². The van der Waals surface area contributed by atoms with Gasteiger partial charge < -0.3 is 15.3 Å². The molecule has 1 saturated heterocycles. The van der Waals surface area contributed by atoms with Gasteiger partial charge in [-0.2, -0.15) is 5.26 Å². The first kappa shape index (κ1) is 12.4. The van der Waals surface area contributed by atoms with Gasteiger partial charge in [-0.05, 0) is 19.1 Å². The van der Waals surface area contributed by atoms with Gasteiger partial charge in [0.1, 0.15) is 0 Å². The lowest BCUT2D eigenvalue weighted by Gasteiger charge is -2.31. The lowest BCUT2D eigenvalue weighted by atomic mass is 10.0. The highest BCUT2D eigenvalue weighted by molar-refractivity contribution is 5.83. The van der Waals surface area contributed by atoms with E-state index in [4.69, 9.17) is 5.26 Å². The third-order valence-electron chi connectivity index (χ3n) is 2.99. The summed E-state index contributed by atoms with van der Waals surface area (Å²) in [7, 11) is 0. The Morgan fingerprint density at radius 3 is 2.94 bits per heavy atom. The zero-order valence-corrected chi connectivity index (χ0v) is 10.2. The molecule has 5 nitrogen and oxygen atoms in total. The van der Waals surface area contributed by atoms with E-state index in [1.807, 2.05) is 4.90 Å². The van der Waals surface area contributed by atoms with Gasteiger partial charge in [0.15, 0.2) is 0 Å². The van der Waals surface area contributed by atoms with Crippen molar-refractivity contribution in [2.24, 2.45) is 0 Å². The molecule has 1 aliphatic heterocycles.